The van der Waals surface area contributed by atoms with Crippen LogP contribution in [-0.4, -0.2) is 24.7 Å². The van der Waals surface area contributed by atoms with Crippen LogP contribution in [0, 0.1) is 0 Å². The fraction of sp³-hybridized carbons (Fsp3) is 0.875. The number of hydrogen-bond donors (Lipinski definition) is 2. The Kier molecular flexibility index (Phi) is 5.66. The van der Waals surface area contributed by atoms with E-state index in [1.165, 1.54) is 0 Å². The summed E-state index contributed by atoms with van der Waals surface area (Å²) < 4.78 is 4.90. The molecule has 0 saturated carbocycles. The molecule has 0 aliphatic rings. The molecule has 0 spiro atoms. The second-order valence-corrected chi connectivity index (χ2v) is 3.02. The number of hydrogen-bond acceptors (Lipinski definition) is 4. The van der Waals surface area contributed by atoms with E-state index in [1.807, 2.05) is 0 Å². The Bertz CT molecular complexity index is 137. The van der Waals surface area contributed by atoms with Crippen LogP contribution >= 0.6 is 0 Å². The zero-order valence-corrected chi connectivity index (χ0v) is 7.75. The minimum absolute atomic E-state index is 0.0959. The molecule has 0 saturated heterocycles. The smallest absolute Gasteiger partial charge is 0.323 e. The van der Waals surface area contributed by atoms with Gasteiger partial charge >= 0.3 is 5.97 Å². The van der Waals surface area contributed by atoms with E-state index in [2.05, 4.69) is 0 Å². The summed E-state index contributed by atoms with van der Waals surface area (Å²) in [7, 11) is 0. The molecule has 0 bridgehead atoms. The molecule has 0 aromatic carbocycles. The molecule has 12 heavy (non-hydrogen) atoms. The van der Waals surface area contributed by atoms with Gasteiger partial charge in [0.2, 0.25) is 0 Å². The summed E-state index contributed by atoms with van der Waals surface area (Å²) in [5, 5.41) is 0. The Morgan fingerprint density at radius 2 is 2.08 bits per heavy atom. The van der Waals surface area contributed by atoms with Crippen LogP contribution in [-0.2, 0) is 9.53 Å². The predicted octanol–water partition coefficient (Wildman–Crippen LogP) is 0.00420. The normalized spacial score (nSPS) is 13.1. The summed E-state index contributed by atoms with van der Waals surface area (Å²) in [4.78, 5) is 11.1. The molecule has 72 valence electrons. The summed E-state index contributed by atoms with van der Waals surface area (Å²) in [5.74, 6) is -0.335. The first-order chi connectivity index (χ1) is 5.57. The van der Waals surface area contributed by atoms with Crippen molar-refractivity contribution in [3.05, 3.63) is 0 Å². The van der Waals surface area contributed by atoms with E-state index in [9.17, 15) is 4.79 Å². The van der Waals surface area contributed by atoms with Crippen LogP contribution in [0.2, 0.25) is 0 Å². The molecule has 0 unspecified atom stereocenters. The molecule has 0 aliphatic heterocycles. The fourth-order valence-corrected chi connectivity index (χ4v) is 0.775. The maximum absolute atomic E-state index is 11.1. The van der Waals surface area contributed by atoms with Crippen molar-refractivity contribution in [2.24, 2.45) is 11.5 Å². The Labute approximate surface area is 73.2 Å². The van der Waals surface area contributed by atoms with Crippen molar-refractivity contribution in [2.45, 2.75) is 38.8 Å². The number of carbonyl (C=O) groups is 1. The lowest BCUT2D eigenvalue weighted by molar-refractivity contribution is -0.149. The van der Waals surface area contributed by atoms with Gasteiger partial charge in [0.15, 0.2) is 0 Å². The molecule has 0 rings (SSSR count). The van der Waals surface area contributed by atoms with Gasteiger partial charge in [0.25, 0.3) is 0 Å². The molecule has 0 aliphatic carbocycles. The third kappa shape index (κ3) is 5.09. The number of nitrogens with two attached hydrogens (primary N) is 2. The van der Waals surface area contributed by atoms with Gasteiger partial charge < -0.3 is 16.2 Å². The van der Waals surface area contributed by atoms with Crippen LogP contribution in [0.15, 0.2) is 0 Å². The monoisotopic (exact) mass is 174 g/mol. The molecule has 4 heteroatoms. The number of carbonyl (C=O) groups excluding carboxylic acids is 1. The van der Waals surface area contributed by atoms with Crippen LogP contribution in [0.4, 0.5) is 0 Å². The Morgan fingerprint density at radius 3 is 2.50 bits per heavy atom. The van der Waals surface area contributed by atoms with Gasteiger partial charge in [-0.15, -0.1) is 0 Å². The van der Waals surface area contributed by atoms with Crippen molar-refractivity contribution in [1.29, 1.82) is 0 Å². The first-order valence-corrected chi connectivity index (χ1v) is 4.24. The van der Waals surface area contributed by atoms with Gasteiger partial charge in [-0.1, -0.05) is 0 Å². The van der Waals surface area contributed by atoms with Gasteiger partial charge in [-0.05, 0) is 33.2 Å². The van der Waals surface area contributed by atoms with Gasteiger partial charge in [-0.3, -0.25) is 4.79 Å². The number of ether oxygens (including phenoxy) is 1. The molecule has 4 N–H and O–H groups in total. The number of rotatable bonds is 5. The zero-order valence-electron chi connectivity index (χ0n) is 7.75. The highest BCUT2D eigenvalue weighted by Gasteiger charge is 2.14. The summed E-state index contributed by atoms with van der Waals surface area (Å²) >= 11 is 0. The van der Waals surface area contributed by atoms with Gasteiger partial charge in [-0.2, -0.15) is 0 Å². The second-order valence-electron chi connectivity index (χ2n) is 3.02. The highest BCUT2D eigenvalue weighted by molar-refractivity contribution is 5.75. The number of esters is 1. The van der Waals surface area contributed by atoms with E-state index >= 15 is 0 Å². The molecule has 0 heterocycles. The van der Waals surface area contributed by atoms with Crippen LogP contribution in [0.1, 0.15) is 26.7 Å². The SMILES string of the molecule is CC(C)OC(=O)[C@H](N)CCCN. The van der Waals surface area contributed by atoms with Crippen LogP contribution < -0.4 is 11.5 Å². The molecule has 0 fully saturated rings. The van der Waals surface area contributed by atoms with Crippen molar-refractivity contribution in [3.63, 3.8) is 0 Å². The van der Waals surface area contributed by atoms with Crippen LogP contribution in [0.25, 0.3) is 0 Å². The molecular weight excluding hydrogens is 156 g/mol. The average Bonchev–Trinajstić information content (AvgIpc) is 1.98. The molecule has 1 atom stereocenters. The molecule has 0 aromatic heterocycles. The van der Waals surface area contributed by atoms with E-state index in [4.69, 9.17) is 16.2 Å². The van der Waals surface area contributed by atoms with E-state index in [-0.39, 0.29) is 12.1 Å². The van der Waals surface area contributed by atoms with E-state index in [1.54, 1.807) is 13.8 Å². The summed E-state index contributed by atoms with van der Waals surface area (Å²) in [5.41, 5.74) is 10.8. The van der Waals surface area contributed by atoms with E-state index in [0.717, 1.165) is 6.42 Å². The lowest BCUT2D eigenvalue weighted by Gasteiger charge is -2.12. The van der Waals surface area contributed by atoms with E-state index in [0.29, 0.717) is 13.0 Å². The Balaban J connectivity index is 3.61. The molecular formula is C8H18N2O2. The van der Waals surface area contributed by atoms with Crippen molar-refractivity contribution >= 4 is 5.97 Å². The third-order valence-corrected chi connectivity index (χ3v) is 1.37. The second kappa shape index (κ2) is 5.97. The molecule has 0 radical (unpaired) electrons. The zero-order chi connectivity index (χ0) is 9.56. The van der Waals surface area contributed by atoms with Gasteiger partial charge in [-0.25, -0.2) is 0 Å². The van der Waals surface area contributed by atoms with Crippen LogP contribution in [0.3, 0.4) is 0 Å². The van der Waals surface area contributed by atoms with Gasteiger partial charge in [0.1, 0.15) is 6.04 Å². The predicted molar refractivity (Wildman–Crippen MR) is 47.5 cm³/mol. The third-order valence-electron chi connectivity index (χ3n) is 1.37. The summed E-state index contributed by atoms with van der Waals surface area (Å²) in [6.45, 7) is 4.16. The molecule has 0 amide bonds. The summed E-state index contributed by atoms with van der Waals surface area (Å²) in [6, 6.07) is -0.518. The van der Waals surface area contributed by atoms with Crippen molar-refractivity contribution in [1.82, 2.24) is 0 Å². The Morgan fingerprint density at radius 1 is 1.50 bits per heavy atom. The minimum Gasteiger partial charge on any atom is -0.462 e. The quantitative estimate of drug-likeness (QED) is 0.575. The van der Waals surface area contributed by atoms with Gasteiger partial charge in [0, 0.05) is 0 Å². The largest absolute Gasteiger partial charge is 0.462 e. The lowest BCUT2D eigenvalue weighted by atomic mass is 10.2. The minimum atomic E-state index is -0.518. The first kappa shape index (κ1) is 11.4. The standard InChI is InChI=1S/C8H18N2O2/c1-6(2)12-8(11)7(10)4-3-5-9/h6-7H,3-5,9-10H2,1-2H3/t7-/m1/s1. The molecule has 0 aromatic rings. The lowest BCUT2D eigenvalue weighted by Crippen LogP contribution is -2.34. The maximum Gasteiger partial charge on any atom is 0.323 e. The Hall–Kier alpha value is -0.610. The van der Waals surface area contributed by atoms with E-state index < -0.39 is 6.04 Å². The van der Waals surface area contributed by atoms with Crippen molar-refractivity contribution in [3.8, 4) is 0 Å². The highest BCUT2D eigenvalue weighted by atomic mass is 16.5. The first-order valence-electron chi connectivity index (χ1n) is 4.24. The summed E-state index contributed by atoms with van der Waals surface area (Å²) in [6.07, 6.45) is 1.26. The van der Waals surface area contributed by atoms with Gasteiger partial charge in [0.05, 0.1) is 6.10 Å². The topological polar surface area (TPSA) is 78.3 Å². The fourth-order valence-electron chi connectivity index (χ4n) is 0.775. The average molecular weight is 174 g/mol. The van der Waals surface area contributed by atoms with Crippen LogP contribution in [0.5, 0.6) is 0 Å². The van der Waals surface area contributed by atoms with Crippen molar-refractivity contribution < 1.29 is 9.53 Å². The molecule has 4 nitrogen and oxygen atoms in total. The highest BCUT2D eigenvalue weighted by Crippen LogP contribution is 1.98. The van der Waals surface area contributed by atoms with Crippen molar-refractivity contribution in [2.75, 3.05) is 6.54 Å². The maximum atomic E-state index is 11.1.